The van der Waals surface area contributed by atoms with Crippen LogP contribution in [0.15, 0.2) is 24.3 Å². The number of carbonyl (C=O) groups is 2. The fourth-order valence-corrected chi connectivity index (χ4v) is 2.37. The van der Waals surface area contributed by atoms with Crippen LogP contribution in [0.25, 0.3) is 0 Å². The maximum absolute atomic E-state index is 12.1. The lowest BCUT2D eigenvalue weighted by Gasteiger charge is -2.06. The Morgan fingerprint density at radius 2 is 1.75 bits per heavy atom. The number of amides is 2. The summed E-state index contributed by atoms with van der Waals surface area (Å²) in [5.74, 6) is -0.260. The first-order valence-corrected chi connectivity index (χ1v) is 7.37. The van der Waals surface area contributed by atoms with E-state index >= 15 is 0 Å². The fourth-order valence-electron chi connectivity index (χ4n) is 2.37. The van der Waals surface area contributed by atoms with Crippen LogP contribution in [0.2, 0.25) is 0 Å². The molecule has 4 nitrogen and oxygen atoms in total. The molecule has 0 bridgehead atoms. The first-order valence-electron chi connectivity index (χ1n) is 7.37. The molecule has 2 amide bonds. The van der Waals surface area contributed by atoms with Gasteiger partial charge in [-0.2, -0.15) is 0 Å². The molecule has 2 N–H and O–H groups in total. The van der Waals surface area contributed by atoms with E-state index in [2.05, 4.69) is 17.6 Å². The van der Waals surface area contributed by atoms with Gasteiger partial charge >= 0.3 is 0 Å². The molecule has 0 heterocycles. The van der Waals surface area contributed by atoms with Crippen molar-refractivity contribution in [2.75, 3.05) is 5.32 Å². The predicted octanol–water partition coefficient (Wildman–Crippen LogP) is 2.10. The van der Waals surface area contributed by atoms with Crippen molar-refractivity contribution in [2.45, 2.75) is 38.6 Å². The Morgan fingerprint density at radius 3 is 2.35 bits per heavy atom. The molecule has 0 spiro atoms. The van der Waals surface area contributed by atoms with Crippen molar-refractivity contribution < 1.29 is 9.59 Å². The number of carbonyl (C=O) groups excluding carboxylic acids is 2. The zero-order valence-electron chi connectivity index (χ0n) is 11.7. The number of rotatable bonds is 5. The molecule has 0 radical (unpaired) electrons. The molecule has 0 aliphatic heterocycles. The summed E-state index contributed by atoms with van der Waals surface area (Å²) in [5, 5.41) is 5.85. The van der Waals surface area contributed by atoms with Crippen LogP contribution in [0.1, 0.15) is 31.7 Å². The van der Waals surface area contributed by atoms with Gasteiger partial charge in [0.05, 0.1) is 11.8 Å². The predicted molar refractivity (Wildman–Crippen MR) is 77.2 cm³/mol. The molecule has 20 heavy (non-hydrogen) atoms. The molecule has 3 rings (SSSR count). The van der Waals surface area contributed by atoms with Crippen molar-refractivity contribution in [3.63, 3.8) is 0 Å². The second-order valence-corrected chi connectivity index (χ2v) is 5.77. The average Bonchev–Trinajstić information content (AvgIpc) is 3.33. The van der Waals surface area contributed by atoms with Crippen LogP contribution in [0.5, 0.6) is 0 Å². The van der Waals surface area contributed by atoms with E-state index in [1.54, 1.807) is 0 Å². The topological polar surface area (TPSA) is 58.2 Å². The van der Waals surface area contributed by atoms with Gasteiger partial charge in [-0.15, -0.1) is 0 Å². The lowest BCUT2D eigenvalue weighted by atomic mass is 10.1. The van der Waals surface area contributed by atoms with Gasteiger partial charge in [0.2, 0.25) is 11.8 Å². The molecule has 2 aliphatic rings. The number of hydrogen-bond donors (Lipinski definition) is 2. The van der Waals surface area contributed by atoms with E-state index in [-0.39, 0.29) is 23.7 Å². The quantitative estimate of drug-likeness (QED) is 0.862. The minimum Gasteiger partial charge on any atom is -0.353 e. The minimum atomic E-state index is -0.153. The van der Waals surface area contributed by atoms with E-state index in [0.717, 1.165) is 24.9 Å². The number of anilines is 1. The Labute approximate surface area is 118 Å². The lowest BCUT2D eigenvalue weighted by molar-refractivity contribution is -0.125. The number of nitrogens with one attached hydrogen (secondary N) is 2. The summed E-state index contributed by atoms with van der Waals surface area (Å²) in [4.78, 5) is 23.9. The smallest absolute Gasteiger partial charge is 0.228 e. The first-order chi connectivity index (χ1) is 9.67. The standard InChI is InChI=1S/C16H20N2O2/c1-2-10-3-5-11(6-4-10)17-15(19)13-9-14(13)16(20)18-12-7-8-12/h3-6,12-14H,2,7-9H2,1H3,(H,17,19)(H,18,20). The van der Waals surface area contributed by atoms with Crippen LogP contribution in [-0.2, 0) is 16.0 Å². The second-order valence-electron chi connectivity index (χ2n) is 5.77. The van der Waals surface area contributed by atoms with Crippen molar-refractivity contribution in [2.24, 2.45) is 11.8 Å². The molecular formula is C16H20N2O2. The van der Waals surface area contributed by atoms with E-state index in [1.807, 2.05) is 24.3 Å². The maximum atomic E-state index is 12.1. The van der Waals surface area contributed by atoms with Crippen LogP contribution in [0, 0.1) is 11.8 Å². The number of hydrogen-bond acceptors (Lipinski definition) is 2. The lowest BCUT2D eigenvalue weighted by Crippen LogP contribution is -2.29. The monoisotopic (exact) mass is 272 g/mol. The molecule has 2 aliphatic carbocycles. The fraction of sp³-hybridized carbons (Fsp3) is 0.500. The highest BCUT2D eigenvalue weighted by atomic mass is 16.2. The Kier molecular flexibility index (Phi) is 3.47. The van der Waals surface area contributed by atoms with E-state index < -0.39 is 0 Å². The van der Waals surface area contributed by atoms with Gasteiger partial charge in [-0.25, -0.2) is 0 Å². The van der Waals surface area contributed by atoms with Crippen LogP contribution in [0.4, 0.5) is 5.69 Å². The molecule has 2 atom stereocenters. The Bertz CT molecular complexity index is 520. The van der Waals surface area contributed by atoms with Crippen molar-refractivity contribution >= 4 is 17.5 Å². The van der Waals surface area contributed by atoms with Crippen molar-refractivity contribution in [1.29, 1.82) is 0 Å². The van der Waals surface area contributed by atoms with Crippen molar-refractivity contribution in [1.82, 2.24) is 5.32 Å². The third-order valence-corrected chi connectivity index (χ3v) is 4.02. The summed E-state index contributed by atoms with van der Waals surface area (Å²) in [6, 6.07) is 8.23. The van der Waals surface area contributed by atoms with Gasteiger partial charge in [-0.1, -0.05) is 19.1 Å². The molecule has 2 saturated carbocycles. The minimum absolute atomic E-state index is 0.0369. The molecule has 2 unspecified atom stereocenters. The highest BCUT2D eigenvalue weighted by Gasteiger charge is 2.48. The summed E-state index contributed by atoms with van der Waals surface area (Å²) < 4.78 is 0. The van der Waals surface area contributed by atoms with Gasteiger partial charge in [0.15, 0.2) is 0 Å². The molecule has 1 aromatic rings. The summed E-state index contributed by atoms with van der Waals surface area (Å²) in [6.45, 7) is 2.10. The zero-order valence-corrected chi connectivity index (χ0v) is 11.7. The molecule has 1 aromatic carbocycles. The van der Waals surface area contributed by atoms with E-state index in [0.29, 0.717) is 12.5 Å². The first kappa shape index (κ1) is 13.2. The number of benzene rings is 1. The van der Waals surface area contributed by atoms with Gasteiger partial charge in [-0.3, -0.25) is 9.59 Å². The molecule has 0 saturated heterocycles. The highest BCUT2D eigenvalue weighted by molar-refractivity contribution is 5.99. The Hall–Kier alpha value is -1.84. The molecular weight excluding hydrogens is 252 g/mol. The molecule has 2 fully saturated rings. The Balaban J connectivity index is 1.50. The average molecular weight is 272 g/mol. The summed E-state index contributed by atoms with van der Waals surface area (Å²) in [7, 11) is 0. The van der Waals surface area contributed by atoms with E-state index in [1.165, 1.54) is 5.56 Å². The Morgan fingerprint density at radius 1 is 1.10 bits per heavy atom. The van der Waals surface area contributed by atoms with Gasteiger partial charge < -0.3 is 10.6 Å². The summed E-state index contributed by atoms with van der Waals surface area (Å²) in [6.07, 6.45) is 3.83. The van der Waals surface area contributed by atoms with Crippen LogP contribution in [-0.4, -0.2) is 17.9 Å². The van der Waals surface area contributed by atoms with E-state index in [4.69, 9.17) is 0 Å². The van der Waals surface area contributed by atoms with Gasteiger partial charge in [-0.05, 0) is 43.4 Å². The molecule has 106 valence electrons. The third-order valence-electron chi connectivity index (χ3n) is 4.02. The number of aryl methyl sites for hydroxylation is 1. The van der Waals surface area contributed by atoms with Gasteiger partial charge in [0.25, 0.3) is 0 Å². The SMILES string of the molecule is CCc1ccc(NC(=O)C2CC2C(=O)NC2CC2)cc1. The zero-order chi connectivity index (χ0) is 14.1. The van der Waals surface area contributed by atoms with Crippen LogP contribution in [0.3, 0.4) is 0 Å². The highest BCUT2D eigenvalue weighted by Crippen LogP contribution is 2.40. The normalized spacial score (nSPS) is 24.1. The van der Waals surface area contributed by atoms with Crippen molar-refractivity contribution in [3.8, 4) is 0 Å². The largest absolute Gasteiger partial charge is 0.353 e. The van der Waals surface area contributed by atoms with Gasteiger partial charge in [0.1, 0.15) is 0 Å². The summed E-state index contributed by atoms with van der Waals surface area (Å²) >= 11 is 0. The molecule has 4 heteroatoms. The van der Waals surface area contributed by atoms with Crippen LogP contribution >= 0.6 is 0 Å². The van der Waals surface area contributed by atoms with Gasteiger partial charge in [0, 0.05) is 11.7 Å². The maximum Gasteiger partial charge on any atom is 0.228 e. The van der Waals surface area contributed by atoms with Crippen LogP contribution < -0.4 is 10.6 Å². The summed E-state index contributed by atoms with van der Waals surface area (Å²) in [5.41, 5.74) is 2.05. The van der Waals surface area contributed by atoms with Crippen molar-refractivity contribution in [3.05, 3.63) is 29.8 Å². The van der Waals surface area contributed by atoms with E-state index in [9.17, 15) is 9.59 Å². The second kappa shape index (κ2) is 5.27. The molecule has 0 aromatic heterocycles. The third kappa shape index (κ3) is 3.00.